The molecule has 1 heterocycles. The molecule has 0 fully saturated rings. The number of nitrogens with one attached hydrogen (secondary N) is 1. The van der Waals surface area contributed by atoms with E-state index < -0.39 is 10.6 Å². The number of benzene rings is 2. The van der Waals surface area contributed by atoms with E-state index in [1.165, 1.54) is 0 Å². The summed E-state index contributed by atoms with van der Waals surface area (Å²) in [4.78, 5) is 18.8. The van der Waals surface area contributed by atoms with Gasteiger partial charge < -0.3 is 10.1 Å². The summed E-state index contributed by atoms with van der Waals surface area (Å²) in [7, 11) is 0. The third kappa shape index (κ3) is 4.21. The van der Waals surface area contributed by atoms with Crippen LogP contribution in [0, 0.1) is 17.0 Å². The summed E-state index contributed by atoms with van der Waals surface area (Å²) in [5, 5.41) is 15.5. The molecule has 2 aromatic carbocycles. The first-order chi connectivity index (χ1) is 12.9. The zero-order chi connectivity index (χ0) is 19.6. The number of hydrogen-bond acceptors (Lipinski definition) is 6. The molecule has 3 aromatic rings. The Kier molecular flexibility index (Phi) is 5.65. The second-order valence-electron chi connectivity index (χ2n) is 5.37. The summed E-state index contributed by atoms with van der Waals surface area (Å²) >= 11 is 18.1. The Morgan fingerprint density at radius 2 is 1.89 bits per heavy atom. The fourth-order valence-corrected chi connectivity index (χ4v) is 2.68. The van der Waals surface area contributed by atoms with E-state index >= 15 is 0 Å². The van der Waals surface area contributed by atoms with Gasteiger partial charge in [0.1, 0.15) is 12.1 Å². The molecule has 1 N–H and O–H groups in total. The van der Waals surface area contributed by atoms with Crippen molar-refractivity contribution in [2.24, 2.45) is 0 Å². The number of rotatable bonds is 5. The molecule has 0 unspecified atom stereocenters. The minimum atomic E-state index is -0.640. The number of aryl methyl sites for hydroxylation is 1. The van der Waals surface area contributed by atoms with Gasteiger partial charge in [0.15, 0.2) is 0 Å². The molecule has 138 valence electrons. The Bertz CT molecular complexity index is 1030. The largest absolute Gasteiger partial charge is 0.434 e. The predicted molar refractivity (Wildman–Crippen MR) is 105 cm³/mol. The number of ether oxygens (including phenoxy) is 1. The molecular formula is C17H11Cl3N4O3. The van der Waals surface area contributed by atoms with Gasteiger partial charge in [-0.1, -0.05) is 40.9 Å². The van der Waals surface area contributed by atoms with Crippen molar-refractivity contribution in [3.63, 3.8) is 0 Å². The third-order valence-electron chi connectivity index (χ3n) is 3.52. The molecule has 0 radical (unpaired) electrons. The first kappa shape index (κ1) is 19.2. The van der Waals surface area contributed by atoms with Crippen molar-refractivity contribution in [1.29, 1.82) is 0 Å². The maximum Gasteiger partial charge on any atom is 0.373 e. The normalized spacial score (nSPS) is 10.5. The average Bonchev–Trinajstić information content (AvgIpc) is 2.62. The van der Waals surface area contributed by atoms with Gasteiger partial charge in [-0.2, -0.15) is 4.98 Å². The van der Waals surface area contributed by atoms with Crippen molar-refractivity contribution in [3.8, 4) is 11.6 Å². The fourth-order valence-electron chi connectivity index (χ4n) is 2.21. The van der Waals surface area contributed by atoms with Gasteiger partial charge >= 0.3 is 11.6 Å². The lowest BCUT2D eigenvalue weighted by molar-refractivity contribution is -0.385. The summed E-state index contributed by atoms with van der Waals surface area (Å²) in [6.45, 7) is 1.79. The Labute approximate surface area is 169 Å². The molecule has 0 bridgehead atoms. The van der Waals surface area contributed by atoms with Crippen LogP contribution in [0.4, 0.5) is 17.2 Å². The monoisotopic (exact) mass is 424 g/mol. The molecule has 0 aliphatic carbocycles. The van der Waals surface area contributed by atoms with Crippen LogP contribution in [-0.4, -0.2) is 14.9 Å². The standard InChI is InChI=1S/C17H11Cl3N4O3/c1-9-7-10(5-6-11(9)18)27-17-15(24(25)26)16(21-8-22-17)23-13-4-2-3-12(19)14(13)20/h2-8H,1H3,(H,21,22,23). The van der Waals surface area contributed by atoms with Gasteiger partial charge in [-0.25, -0.2) is 4.98 Å². The Morgan fingerprint density at radius 1 is 1.11 bits per heavy atom. The van der Waals surface area contributed by atoms with E-state index in [2.05, 4.69) is 15.3 Å². The quantitative estimate of drug-likeness (QED) is 0.387. The van der Waals surface area contributed by atoms with Gasteiger partial charge in [0.2, 0.25) is 5.82 Å². The number of nitrogens with zero attached hydrogens (tertiary/aromatic N) is 3. The molecule has 27 heavy (non-hydrogen) atoms. The highest BCUT2D eigenvalue weighted by molar-refractivity contribution is 6.43. The zero-order valence-electron chi connectivity index (χ0n) is 13.7. The van der Waals surface area contributed by atoms with Crippen molar-refractivity contribution >= 4 is 52.0 Å². The summed E-state index contributed by atoms with van der Waals surface area (Å²) in [6, 6.07) is 9.73. The molecule has 0 atom stereocenters. The highest BCUT2D eigenvalue weighted by Gasteiger charge is 2.26. The molecule has 10 heteroatoms. The van der Waals surface area contributed by atoms with E-state index in [0.29, 0.717) is 21.5 Å². The van der Waals surface area contributed by atoms with Gasteiger partial charge in [0.05, 0.1) is 20.7 Å². The van der Waals surface area contributed by atoms with Gasteiger partial charge in [0, 0.05) is 5.02 Å². The van der Waals surface area contributed by atoms with Crippen LogP contribution >= 0.6 is 34.8 Å². The summed E-state index contributed by atoms with van der Waals surface area (Å²) < 4.78 is 5.59. The maximum absolute atomic E-state index is 11.6. The molecule has 0 aliphatic rings. The smallest absolute Gasteiger partial charge is 0.373 e. The topological polar surface area (TPSA) is 90.2 Å². The number of nitro groups is 1. The van der Waals surface area contributed by atoms with Crippen molar-refractivity contribution in [1.82, 2.24) is 9.97 Å². The first-order valence-electron chi connectivity index (χ1n) is 7.51. The van der Waals surface area contributed by atoms with E-state index in [9.17, 15) is 10.1 Å². The number of anilines is 2. The lowest BCUT2D eigenvalue weighted by atomic mass is 10.2. The van der Waals surface area contributed by atoms with Crippen molar-refractivity contribution < 1.29 is 9.66 Å². The van der Waals surface area contributed by atoms with Gasteiger partial charge in [-0.15, -0.1) is 0 Å². The van der Waals surface area contributed by atoms with Crippen LogP contribution in [0.25, 0.3) is 0 Å². The Balaban J connectivity index is 2.01. The van der Waals surface area contributed by atoms with Crippen LogP contribution < -0.4 is 10.1 Å². The minimum Gasteiger partial charge on any atom is -0.434 e. The summed E-state index contributed by atoms with van der Waals surface area (Å²) in [5.74, 6) is 0.0441. The molecule has 1 aromatic heterocycles. The lowest BCUT2D eigenvalue weighted by Crippen LogP contribution is -2.04. The molecule has 0 spiro atoms. The van der Waals surface area contributed by atoms with E-state index in [0.717, 1.165) is 11.9 Å². The van der Waals surface area contributed by atoms with E-state index in [4.69, 9.17) is 39.5 Å². The van der Waals surface area contributed by atoms with Crippen LogP contribution in [0.15, 0.2) is 42.7 Å². The SMILES string of the molecule is Cc1cc(Oc2ncnc(Nc3cccc(Cl)c3Cl)c2[N+](=O)[O-])ccc1Cl. The second-order valence-corrected chi connectivity index (χ2v) is 6.56. The van der Waals surface area contributed by atoms with E-state index in [-0.39, 0.29) is 16.7 Å². The molecule has 0 saturated carbocycles. The van der Waals surface area contributed by atoms with Crippen LogP contribution in [0.2, 0.25) is 15.1 Å². The second kappa shape index (κ2) is 7.96. The van der Waals surface area contributed by atoms with Crippen LogP contribution in [-0.2, 0) is 0 Å². The number of halogens is 3. The van der Waals surface area contributed by atoms with Gasteiger partial charge in [-0.3, -0.25) is 10.1 Å². The highest BCUT2D eigenvalue weighted by atomic mass is 35.5. The maximum atomic E-state index is 11.6. The molecule has 0 amide bonds. The van der Waals surface area contributed by atoms with Crippen LogP contribution in [0.1, 0.15) is 5.56 Å². The zero-order valence-corrected chi connectivity index (χ0v) is 16.0. The molecule has 0 saturated heterocycles. The fraction of sp³-hybridized carbons (Fsp3) is 0.0588. The van der Waals surface area contributed by atoms with Crippen molar-refractivity contribution in [2.45, 2.75) is 6.92 Å². The van der Waals surface area contributed by atoms with Crippen molar-refractivity contribution in [2.75, 3.05) is 5.32 Å². The van der Waals surface area contributed by atoms with E-state index in [1.807, 2.05) is 0 Å². The van der Waals surface area contributed by atoms with Gasteiger partial charge in [0.25, 0.3) is 0 Å². The third-order valence-corrected chi connectivity index (χ3v) is 4.76. The predicted octanol–water partition coefficient (Wildman–Crippen LogP) is 6.19. The Morgan fingerprint density at radius 3 is 2.59 bits per heavy atom. The lowest BCUT2D eigenvalue weighted by Gasteiger charge is -2.11. The average molecular weight is 426 g/mol. The van der Waals surface area contributed by atoms with Gasteiger partial charge in [-0.05, 0) is 42.8 Å². The van der Waals surface area contributed by atoms with Crippen molar-refractivity contribution in [3.05, 3.63) is 73.5 Å². The Hall–Kier alpha value is -2.61. The summed E-state index contributed by atoms with van der Waals surface area (Å²) in [5.41, 5.74) is 0.676. The molecular weight excluding hydrogens is 415 g/mol. The summed E-state index contributed by atoms with van der Waals surface area (Å²) in [6.07, 6.45) is 1.14. The highest BCUT2D eigenvalue weighted by Crippen LogP contribution is 2.38. The first-order valence-corrected chi connectivity index (χ1v) is 8.64. The number of aromatic nitrogens is 2. The molecule has 0 aliphatic heterocycles. The molecule has 3 rings (SSSR count). The number of hydrogen-bond donors (Lipinski definition) is 1. The van der Waals surface area contributed by atoms with Crippen LogP contribution in [0.3, 0.4) is 0 Å². The minimum absolute atomic E-state index is 0.0835. The molecule has 7 nitrogen and oxygen atoms in total. The van der Waals surface area contributed by atoms with Crippen LogP contribution in [0.5, 0.6) is 11.6 Å². The van der Waals surface area contributed by atoms with E-state index in [1.54, 1.807) is 43.3 Å².